The van der Waals surface area contributed by atoms with E-state index in [0.717, 1.165) is 37.7 Å². The second kappa shape index (κ2) is 14.7. The number of nitrogens with one attached hydrogen (secondary N) is 3. The van der Waals surface area contributed by atoms with Gasteiger partial charge < -0.3 is 25.3 Å². The van der Waals surface area contributed by atoms with Gasteiger partial charge in [-0.3, -0.25) is 14.4 Å². The Morgan fingerprint density at radius 2 is 1.72 bits per heavy atom. The highest BCUT2D eigenvalue weighted by Gasteiger charge is 2.68. The third-order valence-electron chi connectivity index (χ3n) is 10.6. The Morgan fingerprint density at radius 1 is 1.00 bits per heavy atom. The summed E-state index contributed by atoms with van der Waals surface area (Å²) in [5.74, 6) is 4.87. The molecule has 8 nitrogen and oxygen atoms in total. The van der Waals surface area contributed by atoms with Crippen LogP contribution in [0.4, 0.5) is 0 Å². The molecule has 4 aliphatic rings. The van der Waals surface area contributed by atoms with E-state index in [4.69, 9.17) is 9.31 Å². The van der Waals surface area contributed by atoms with Crippen LogP contribution >= 0.6 is 0 Å². The molecule has 6 rings (SSSR count). The van der Waals surface area contributed by atoms with E-state index < -0.39 is 42.4 Å². The van der Waals surface area contributed by atoms with Gasteiger partial charge in [0.1, 0.15) is 6.04 Å². The van der Waals surface area contributed by atoms with Crippen molar-refractivity contribution in [2.45, 2.75) is 104 Å². The van der Waals surface area contributed by atoms with Gasteiger partial charge in [0, 0.05) is 23.6 Å². The van der Waals surface area contributed by atoms with Crippen LogP contribution in [-0.2, 0) is 25.3 Å². The minimum Gasteiger partial charge on any atom is -0.404 e. The summed E-state index contributed by atoms with van der Waals surface area (Å²) >= 11 is 0. The lowest BCUT2D eigenvalue weighted by atomic mass is 9.43. The molecule has 1 aliphatic heterocycles. The number of hydrogen-bond acceptors (Lipinski definition) is 5. The molecular formula is C38H50BN3O5. The molecule has 2 aromatic carbocycles. The topological polar surface area (TPSA) is 106 Å². The first-order valence-electron chi connectivity index (χ1n) is 17.3. The molecule has 47 heavy (non-hydrogen) atoms. The zero-order chi connectivity index (χ0) is 33.8. The number of unbranched alkanes of at least 4 members (excludes halogenated alkanes) is 1. The standard InChI is InChI=1S/C38H50BN3O5/c1-7-8-12-27-15-18-28(19-16-27)35(44)41-30(24-40-34(43)20-17-26-13-10-9-11-14-26)36(45)42-33(21-25(2)3)39-46-32-23-29-22-31(37(29,4)5)38(32,6)47-39/h9-11,13-16,18-19,25,29-33H,7-8,12,21-24H2,1-6H3,(H,40,43)(H,41,44)(H,42,45)/t29-,30+,31-,32-,33+,38+/m1/s1. The van der Waals surface area contributed by atoms with Crippen molar-refractivity contribution in [3.8, 4) is 11.8 Å². The molecule has 3 N–H and O–H groups in total. The summed E-state index contributed by atoms with van der Waals surface area (Å²) in [6.07, 6.45) is 5.81. The van der Waals surface area contributed by atoms with E-state index in [0.29, 0.717) is 29.4 Å². The SMILES string of the molecule is CCCCc1ccc(C(=O)N[C@@H](CNC(=O)C#Cc2ccccc2)C(=O)N[C@@H](CC(C)C)B2O[C@@H]3C[C@H]4C[C@H](C4(C)C)[C@]3(C)O2)cc1. The van der Waals surface area contributed by atoms with E-state index in [1.54, 1.807) is 12.1 Å². The lowest BCUT2D eigenvalue weighted by Crippen LogP contribution is -2.65. The normalized spacial score (nSPS) is 25.0. The number of amides is 3. The van der Waals surface area contributed by atoms with Gasteiger partial charge in [0.05, 0.1) is 17.6 Å². The number of carbonyl (C=O) groups excluding carboxylic acids is 3. The van der Waals surface area contributed by atoms with Gasteiger partial charge in [-0.05, 0) is 92.0 Å². The van der Waals surface area contributed by atoms with Gasteiger partial charge in [0.15, 0.2) is 0 Å². The van der Waals surface area contributed by atoms with Gasteiger partial charge >= 0.3 is 7.12 Å². The van der Waals surface area contributed by atoms with Crippen molar-refractivity contribution < 1.29 is 23.7 Å². The fourth-order valence-electron chi connectivity index (χ4n) is 7.64. The van der Waals surface area contributed by atoms with Crippen molar-refractivity contribution in [1.29, 1.82) is 0 Å². The van der Waals surface area contributed by atoms with Crippen LogP contribution in [0.15, 0.2) is 54.6 Å². The average Bonchev–Trinajstić information content (AvgIpc) is 3.42. The molecule has 6 atom stereocenters. The maximum Gasteiger partial charge on any atom is 0.481 e. The van der Waals surface area contributed by atoms with E-state index in [9.17, 15) is 14.4 Å². The highest BCUT2D eigenvalue weighted by molar-refractivity contribution is 6.48. The van der Waals surface area contributed by atoms with Crippen molar-refractivity contribution in [2.75, 3.05) is 6.54 Å². The van der Waals surface area contributed by atoms with E-state index in [1.165, 1.54) is 0 Å². The zero-order valence-corrected chi connectivity index (χ0v) is 28.7. The van der Waals surface area contributed by atoms with Gasteiger partial charge in [-0.1, -0.05) is 77.3 Å². The minimum atomic E-state index is -1.05. The summed E-state index contributed by atoms with van der Waals surface area (Å²) in [6.45, 7) is 13.0. The van der Waals surface area contributed by atoms with Crippen LogP contribution in [0.25, 0.3) is 0 Å². The van der Waals surface area contributed by atoms with Crippen LogP contribution in [-0.4, -0.2) is 55.1 Å². The molecule has 250 valence electrons. The molecule has 0 unspecified atom stereocenters. The number of carbonyl (C=O) groups is 3. The lowest BCUT2D eigenvalue weighted by molar-refractivity contribution is -0.199. The van der Waals surface area contributed by atoms with Crippen molar-refractivity contribution in [1.82, 2.24) is 16.0 Å². The molecule has 9 heteroatoms. The van der Waals surface area contributed by atoms with Crippen LogP contribution in [0.3, 0.4) is 0 Å². The van der Waals surface area contributed by atoms with Crippen LogP contribution in [0, 0.1) is 35.0 Å². The van der Waals surface area contributed by atoms with Crippen molar-refractivity contribution in [3.63, 3.8) is 0 Å². The van der Waals surface area contributed by atoms with Crippen molar-refractivity contribution in [2.24, 2.45) is 23.2 Å². The van der Waals surface area contributed by atoms with Crippen LogP contribution in [0.2, 0.25) is 0 Å². The average molecular weight is 640 g/mol. The van der Waals surface area contributed by atoms with Crippen molar-refractivity contribution >= 4 is 24.8 Å². The number of rotatable bonds is 12. The zero-order valence-electron chi connectivity index (χ0n) is 28.7. The molecule has 3 amide bonds. The van der Waals surface area contributed by atoms with Gasteiger partial charge in [0.2, 0.25) is 5.91 Å². The Morgan fingerprint density at radius 3 is 2.38 bits per heavy atom. The predicted octanol–water partition coefficient (Wildman–Crippen LogP) is 5.09. The summed E-state index contributed by atoms with van der Waals surface area (Å²) in [5.41, 5.74) is 2.09. The Bertz CT molecular complexity index is 1480. The first kappa shape index (κ1) is 34.7. The Kier molecular flexibility index (Phi) is 10.8. The quantitative estimate of drug-likeness (QED) is 0.222. The molecule has 3 saturated carbocycles. The second-order valence-corrected chi connectivity index (χ2v) is 14.7. The molecular weight excluding hydrogens is 589 g/mol. The third-order valence-corrected chi connectivity index (χ3v) is 10.6. The molecule has 1 saturated heterocycles. The summed E-state index contributed by atoms with van der Waals surface area (Å²) in [5, 5.41) is 8.73. The monoisotopic (exact) mass is 639 g/mol. The summed E-state index contributed by atoms with van der Waals surface area (Å²) in [4.78, 5) is 40.1. The Hall–Kier alpha value is -3.61. The number of benzene rings is 2. The number of hydrogen-bond donors (Lipinski definition) is 3. The Labute approximate surface area is 280 Å². The van der Waals surface area contributed by atoms with E-state index in [2.05, 4.69) is 69.3 Å². The molecule has 0 spiro atoms. The first-order chi connectivity index (χ1) is 22.4. The van der Waals surface area contributed by atoms with Gasteiger partial charge in [-0.15, -0.1) is 0 Å². The fraction of sp³-hybridized carbons (Fsp3) is 0.553. The lowest BCUT2D eigenvalue weighted by Gasteiger charge is -2.64. The minimum absolute atomic E-state index is 0.0193. The molecule has 4 fully saturated rings. The molecule has 2 bridgehead atoms. The van der Waals surface area contributed by atoms with Crippen LogP contribution in [0.1, 0.15) is 95.1 Å². The van der Waals surface area contributed by atoms with Crippen molar-refractivity contribution in [3.05, 3.63) is 71.3 Å². The maximum absolute atomic E-state index is 14.0. The predicted molar refractivity (Wildman–Crippen MR) is 184 cm³/mol. The molecule has 3 aliphatic carbocycles. The van der Waals surface area contributed by atoms with E-state index in [-0.39, 0.29) is 24.0 Å². The Balaban J connectivity index is 1.30. The highest BCUT2D eigenvalue weighted by atomic mass is 16.7. The maximum atomic E-state index is 14.0. The summed E-state index contributed by atoms with van der Waals surface area (Å²) < 4.78 is 13.3. The third kappa shape index (κ3) is 7.93. The van der Waals surface area contributed by atoms with Crippen LogP contribution in [0.5, 0.6) is 0 Å². The molecule has 0 aromatic heterocycles. The smallest absolute Gasteiger partial charge is 0.404 e. The molecule has 1 heterocycles. The van der Waals surface area contributed by atoms with Crippen LogP contribution < -0.4 is 16.0 Å². The largest absolute Gasteiger partial charge is 0.481 e. The van der Waals surface area contributed by atoms with Gasteiger partial charge in [-0.25, -0.2) is 0 Å². The van der Waals surface area contributed by atoms with E-state index >= 15 is 0 Å². The second-order valence-electron chi connectivity index (χ2n) is 14.7. The van der Waals surface area contributed by atoms with Gasteiger partial charge in [0.25, 0.3) is 11.8 Å². The highest BCUT2D eigenvalue weighted by Crippen LogP contribution is 2.65. The van der Waals surface area contributed by atoms with E-state index in [1.807, 2.05) is 42.5 Å². The summed E-state index contributed by atoms with van der Waals surface area (Å²) in [6, 6.07) is 15.6. The molecule has 2 aromatic rings. The summed E-state index contributed by atoms with van der Waals surface area (Å²) in [7, 11) is -0.607. The number of aryl methyl sites for hydroxylation is 1. The first-order valence-corrected chi connectivity index (χ1v) is 17.3. The van der Waals surface area contributed by atoms with Gasteiger partial charge in [-0.2, -0.15) is 0 Å². The molecule has 0 radical (unpaired) electrons. The fourth-order valence-corrected chi connectivity index (χ4v) is 7.64.